The summed E-state index contributed by atoms with van der Waals surface area (Å²) < 4.78 is 10.6. The van der Waals surface area contributed by atoms with Crippen molar-refractivity contribution in [2.24, 2.45) is 0 Å². The normalized spacial score (nSPS) is 18.5. The van der Waals surface area contributed by atoms with Gasteiger partial charge in [-0.2, -0.15) is 0 Å². The molecule has 0 saturated carbocycles. The van der Waals surface area contributed by atoms with Gasteiger partial charge in [0.25, 0.3) is 0 Å². The first-order valence-corrected chi connectivity index (χ1v) is 7.64. The number of para-hydroxylation sites is 2. The zero-order chi connectivity index (χ0) is 13.8. The Morgan fingerprint density at radius 2 is 2.40 bits per heavy atom. The first-order chi connectivity index (χ1) is 9.81. The third kappa shape index (κ3) is 3.32. The molecule has 2 heterocycles. The highest BCUT2D eigenvalue weighted by atomic mass is 32.2. The number of hydrogen-bond acceptors (Lipinski definition) is 5. The molecule has 1 N–H and O–H groups in total. The second-order valence-corrected chi connectivity index (χ2v) is 5.63. The molecule has 0 bridgehead atoms. The van der Waals surface area contributed by atoms with Crippen molar-refractivity contribution in [3.8, 4) is 0 Å². The highest BCUT2D eigenvalue weighted by molar-refractivity contribution is 7.99. The summed E-state index contributed by atoms with van der Waals surface area (Å²) in [5.74, 6) is 0.0259. The molecule has 0 amide bonds. The first-order valence-electron chi connectivity index (χ1n) is 6.66. The Morgan fingerprint density at radius 3 is 3.20 bits per heavy atom. The van der Waals surface area contributed by atoms with Crippen LogP contribution in [0.1, 0.15) is 12.8 Å². The molecule has 0 radical (unpaired) electrons. The number of ether oxygens (including phenoxy) is 2. The van der Waals surface area contributed by atoms with E-state index in [1.807, 2.05) is 24.3 Å². The van der Waals surface area contributed by atoms with Crippen molar-refractivity contribution in [1.82, 2.24) is 9.97 Å². The highest BCUT2D eigenvalue weighted by Crippen LogP contribution is 2.19. The Kier molecular flexibility index (Phi) is 4.22. The van der Waals surface area contributed by atoms with E-state index in [4.69, 9.17) is 9.47 Å². The van der Waals surface area contributed by atoms with Crippen molar-refractivity contribution in [1.29, 1.82) is 0 Å². The maximum absolute atomic E-state index is 11.6. The van der Waals surface area contributed by atoms with E-state index < -0.39 is 0 Å². The first kappa shape index (κ1) is 13.5. The number of nitrogens with zero attached hydrogens (tertiary/aromatic N) is 1. The third-order valence-electron chi connectivity index (χ3n) is 3.15. The van der Waals surface area contributed by atoms with Gasteiger partial charge in [-0.15, -0.1) is 0 Å². The molecule has 20 heavy (non-hydrogen) atoms. The van der Waals surface area contributed by atoms with E-state index in [1.54, 1.807) is 0 Å². The highest BCUT2D eigenvalue weighted by Gasteiger charge is 2.17. The van der Waals surface area contributed by atoms with Crippen LogP contribution in [0.2, 0.25) is 0 Å². The molecular weight excluding hydrogens is 276 g/mol. The SMILES string of the molecule is O=C(CSc1nc2ccccc2[nH]1)OCC1CCCO1. The minimum absolute atomic E-state index is 0.0788. The monoisotopic (exact) mass is 292 g/mol. The number of thioether (sulfide) groups is 1. The zero-order valence-electron chi connectivity index (χ0n) is 11.0. The molecule has 2 aromatic rings. The van der Waals surface area contributed by atoms with Crippen LogP contribution in [-0.2, 0) is 14.3 Å². The van der Waals surface area contributed by atoms with Gasteiger partial charge in [0.1, 0.15) is 6.61 Å². The number of imidazole rings is 1. The predicted molar refractivity (Wildman–Crippen MR) is 76.8 cm³/mol. The number of carbonyl (C=O) groups is 1. The largest absolute Gasteiger partial charge is 0.462 e. The standard InChI is InChI=1S/C14H16N2O3S/c17-13(19-8-10-4-3-7-18-10)9-20-14-15-11-5-1-2-6-12(11)16-14/h1-2,5-6,10H,3-4,7-9H2,(H,15,16). The number of fused-ring (bicyclic) bond motifs is 1. The second-order valence-electron chi connectivity index (χ2n) is 4.67. The topological polar surface area (TPSA) is 64.2 Å². The van der Waals surface area contributed by atoms with E-state index in [0.29, 0.717) is 6.61 Å². The molecule has 1 atom stereocenters. The lowest BCUT2D eigenvalue weighted by Crippen LogP contribution is -2.18. The maximum atomic E-state index is 11.6. The minimum atomic E-state index is -0.231. The summed E-state index contributed by atoms with van der Waals surface area (Å²) in [6.45, 7) is 1.13. The summed E-state index contributed by atoms with van der Waals surface area (Å²) in [6.07, 6.45) is 2.11. The molecule has 6 heteroatoms. The molecule has 1 unspecified atom stereocenters. The average molecular weight is 292 g/mol. The van der Waals surface area contributed by atoms with Gasteiger partial charge in [-0.25, -0.2) is 4.98 Å². The summed E-state index contributed by atoms with van der Waals surface area (Å²) in [7, 11) is 0. The van der Waals surface area contributed by atoms with Crippen LogP contribution >= 0.6 is 11.8 Å². The summed E-state index contributed by atoms with van der Waals surface area (Å²) in [6, 6.07) is 7.78. The van der Waals surface area contributed by atoms with Crippen LogP contribution in [0.15, 0.2) is 29.4 Å². The van der Waals surface area contributed by atoms with Crippen molar-refractivity contribution in [3.05, 3.63) is 24.3 Å². The van der Waals surface area contributed by atoms with Crippen molar-refractivity contribution < 1.29 is 14.3 Å². The quantitative estimate of drug-likeness (QED) is 0.677. The van der Waals surface area contributed by atoms with Crippen LogP contribution in [-0.4, -0.2) is 41.0 Å². The molecule has 1 aromatic carbocycles. The zero-order valence-corrected chi connectivity index (χ0v) is 11.8. The van der Waals surface area contributed by atoms with Gasteiger partial charge in [-0.05, 0) is 25.0 Å². The molecule has 1 aliphatic rings. The van der Waals surface area contributed by atoms with Crippen LogP contribution in [0.5, 0.6) is 0 Å². The fraction of sp³-hybridized carbons (Fsp3) is 0.429. The molecule has 0 aliphatic carbocycles. The Morgan fingerprint density at radius 1 is 1.50 bits per heavy atom. The second kappa shape index (κ2) is 6.28. The number of aromatic amines is 1. The number of H-pyrrole nitrogens is 1. The van der Waals surface area contributed by atoms with Gasteiger partial charge in [0, 0.05) is 6.61 Å². The number of nitrogens with one attached hydrogen (secondary N) is 1. The smallest absolute Gasteiger partial charge is 0.316 e. The molecular formula is C14H16N2O3S. The Balaban J connectivity index is 1.47. The van der Waals surface area contributed by atoms with Crippen LogP contribution in [0.25, 0.3) is 11.0 Å². The number of hydrogen-bond donors (Lipinski definition) is 1. The van der Waals surface area contributed by atoms with E-state index in [2.05, 4.69) is 9.97 Å². The molecule has 1 fully saturated rings. The van der Waals surface area contributed by atoms with Crippen LogP contribution < -0.4 is 0 Å². The number of esters is 1. The van der Waals surface area contributed by atoms with Crippen molar-refractivity contribution in [3.63, 3.8) is 0 Å². The molecule has 106 valence electrons. The fourth-order valence-electron chi connectivity index (χ4n) is 2.13. The fourth-order valence-corrected chi connectivity index (χ4v) is 2.81. The Bertz CT molecular complexity index is 560. The van der Waals surface area contributed by atoms with Gasteiger partial charge in [0.15, 0.2) is 5.16 Å². The van der Waals surface area contributed by atoms with Crippen LogP contribution in [0, 0.1) is 0 Å². The van der Waals surface area contributed by atoms with E-state index in [0.717, 1.165) is 35.6 Å². The number of aromatic nitrogens is 2. The Labute approximate surface area is 121 Å². The van der Waals surface area contributed by atoms with E-state index >= 15 is 0 Å². The predicted octanol–water partition coefficient (Wildman–Crippen LogP) is 2.38. The van der Waals surface area contributed by atoms with Gasteiger partial charge in [-0.3, -0.25) is 4.79 Å². The lowest BCUT2D eigenvalue weighted by Gasteiger charge is -2.09. The van der Waals surface area contributed by atoms with Gasteiger partial charge in [0.2, 0.25) is 0 Å². The van der Waals surface area contributed by atoms with E-state index in [-0.39, 0.29) is 17.8 Å². The number of benzene rings is 1. The van der Waals surface area contributed by atoms with Gasteiger partial charge >= 0.3 is 5.97 Å². The lowest BCUT2D eigenvalue weighted by atomic mass is 10.2. The van der Waals surface area contributed by atoms with Crippen molar-refractivity contribution in [2.45, 2.75) is 24.1 Å². The van der Waals surface area contributed by atoms with E-state index in [1.165, 1.54) is 11.8 Å². The van der Waals surface area contributed by atoms with Crippen molar-refractivity contribution >= 4 is 28.8 Å². The molecule has 0 spiro atoms. The lowest BCUT2D eigenvalue weighted by molar-refractivity contribution is -0.143. The van der Waals surface area contributed by atoms with E-state index in [9.17, 15) is 4.79 Å². The van der Waals surface area contributed by atoms with Gasteiger partial charge in [0.05, 0.1) is 22.9 Å². The van der Waals surface area contributed by atoms with Crippen molar-refractivity contribution in [2.75, 3.05) is 19.0 Å². The maximum Gasteiger partial charge on any atom is 0.316 e. The molecule has 1 aliphatic heterocycles. The molecule has 3 rings (SSSR count). The average Bonchev–Trinajstić information content (AvgIpc) is 3.11. The van der Waals surface area contributed by atoms with Crippen LogP contribution in [0.3, 0.4) is 0 Å². The summed E-state index contributed by atoms with van der Waals surface area (Å²) >= 11 is 1.35. The molecule has 1 saturated heterocycles. The van der Waals surface area contributed by atoms with Gasteiger partial charge in [-0.1, -0.05) is 23.9 Å². The summed E-state index contributed by atoms with van der Waals surface area (Å²) in [4.78, 5) is 19.2. The van der Waals surface area contributed by atoms with Gasteiger partial charge < -0.3 is 14.5 Å². The molecule has 1 aromatic heterocycles. The summed E-state index contributed by atoms with van der Waals surface area (Å²) in [5.41, 5.74) is 1.88. The summed E-state index contributed by atoms with van der Waals surface area (Å²) in [5, 5.41) is 0.736. The van der Waals surface area contributed by atoms with Crippen LogP contribution in [0.4, 0.5) is 0 Å². The number of rotatable bonds is 5. The Hall–Kier alpha value is -1.53. The third-order valence-corrected chi connectivity index (χ3v) is 4.00. The minimum Gasteiger partial charge on any atom is -0.462 e. The number of carbonyl (C=O) groups excluding carboxylic acids is 1. The molecule has 5 nitrogen and oxygen atoms in total.